The molecule has 5 rings (SSSR count). The van der Waals surface area contributed by atoms with Gasteiger partial charge in [-0.05, 0) is 68.4 Å². The molecule has 5 nitrogen and oxygen atoms in total. The fourth-order valence-electron chi connectivity index (χ4n) is 4.91. The fraction of sp³-hybridized carbons (Fsp3) is 0.333. The van der Waals surface area contributed by atoms with E-state index in [0.717, 1.165) is 65.3 Å². The topological polar surface area (TPSA) is 51.5 Å². The van der Waals surface area contributed by atoms with Gasteiger partial charge in [0.2, 0.25) is 0 Å². The van der Waals surface area contributed by atoms with Gasteiger partial charge < -0.3 is 10.1 Å². The smallest absolute Gasteiger partial charge is 0.165 e. The predicted molar refractivity (Wildman–Crippen MR) is 137 cm³/mol. The Morgan fingerprint density at radius 3 is 2.58 bits per heavy atom. The highest BCUT2D eigenvalue weighted by Crippen LogP contribution is 2.37. The summed E-state index contributed by atoms with van der Waals surface area (Å²) in [5.74, 6) is 1.96. The normalized spacial score (nSPS) is 13.5. The predicted octanol–water partition coefficient (Wildman–Crippen LogP) is 6.50. The van der Waals surface area contributed by atoms with Crippen molar-refractivity contribution in [1.29, 1.82) is 0 Å². The zero-order chi connectivity index (χ0) is 22.2. The van der Waals surface area contributed by atoms with Gasteiger partial charge in [-0.3, -0.25) is 0 Å². The van der Waals surface area contributed by atoms with Crippen molar-refractivity contribution >= 4 is 23.9 Å². The Morgan fingerprint density at radius 1 is 1.09 bits per heavy atom. The van der Waals surface area contributed by atoms with Crippen LogP contribution in [0.4, 0.5) is 5.82 Å². The van der Waals surface area contributed by atoms with Crippen molar-refractivity contribution in [2.24, 2.45) is 0 Å². The van der Waals surface area contributed by atoms with E-state index in [-0.39, 0.29) is 18.4 Å². The molecule has 33 heavy (non-hydrogen) atoms. The molecule has 0 saturated heterocycles. The van der Waals surface area contributed by atoms with Crippen molar-refractivity contribution in [3.63, 3.8) is 0 Å². The Hall–Kier alpha value is -3.05. The molecule has 1 aliphatic rings. The van der Waals surface area contributed by atoms with Gasteiger partial charge in [0, 0.05) is 16.8 Å². The number of hydrogen-bond acceptors (Lipinski definition) is 4. The van der Waals surface area contributed by atoms with Crippen molar-refractivity contribution in [2.75, 3.05) is 12.4 Å². The third kappa shape index (κ3) is 4.06. The fourth-order valence-corrected chi connectivity index (χ4v) is 4.91. The number of ether oxygens (including phenoxy) is 1. The molecule has 0 amide bonds. The lowest BCUT2D eigenvalue weighted by Crippen LogP contribution is -2.15. The first-order chi connectivity index (χ1) is 15.6. The molecule has 4 aromatic rings. The summed E-state index contributed by atoms with van der Waals surface area (Å²) in [6.07, 6.45) is 4.20. The quantitative estimate of drug-likeness (QED) is 0.355. The second-order valence-electron chi connectivity index (χ2n) is 8.63. The summed E-state index contributed by atoms with van der Waals surface area (Å²) < 4.78 is 7.46. The minimum Gasteiger partial charge on any atom is -0.497 e. The lowest BCUT2D eigenvalue weighted by atomic mass is 10.0. The summed E-state index contributed by atoms with van der Waals surface area (Å²) in [5, 5.41) is 8.85. The van der Waals surface area contributed by atoms with E-state index in [9.17, 15) is 0 Å². The average molecular weight is 463 g/mol. The van der Waals surface area contributed by atoms with Crippen LogP contribution in [0, 0.1) is 13.8 Å². The SMILES string of the molecule is CCC(Nc1c2c(nc3c(-c4ccc(OC)cc4C)c(C)nn13)CCC2)c1ccccc1.Cl. The number of anilines is 1. The van der Waals surface area contributed by atoms with Crippen LogP contribution >= 0.6 is 12.4 Å². The molecule has 0 aliphatic heterocycles. The molecule has 1 atom stereocenters. The van der Waals surface area contributed by atoms with E-state index in [1.54, 1.807) is 7.11 Å². The van der Waals surface area contributed by atoms with Crippen molar-refractivity contribution in [1.82, 2.24) is 14.6 Å². The number of fused-ring (bicyclic) bond motifs is 2. The van der Waals surface area contributed by atoms with Crippen LogP contribution in [0.5, 0.6) is 5.75 Å². The van der Waals surface area contributed by atoms with Gasteiger partial charge in [0.15, 0.2) is 5.65 Å². The van der Waals surface area contributed by atoms with Crippen molar-refractivity contribution in [3.05, 3.63) is 76.6 Å². The van der Waals surface area contributed by atoms with Crippen LogP contribution in [-0.2, 0) is 12.8 Å². The summed E-state index contributed by atoms with van der Waals surface area (Å²) in [6.45, 7) is 6.43. The zero-order valence-corrected chi connectivity index (χ0v) is 20.5. The lowest BCUT2D eigenvalue weighted by Gasteiger charge is -2.21. The standard InChI is InChI=1S/C27H30N4O.ClH/c1-5-23(19-10-7-6-8-11-19)28-26-22-12-9-13-24(22)29-27-25(18(3)30-31(26)27)21-15-14-20(32-4)16-17(21)2;/h6-8,10-11,14-16,23,28H,5,9,12-13H2,1-4H3;1H. The number of nitrogens with one attached hydrogen (secondary N) is 1. The van der Waals surface area contributed by atoms with Crippen molar-refractivity contribution in [2.45, 2.75) is 52.5 Å². The van der Waals surface area contributed by atoms with Gasteiger partial charge in [-0.15, -0.1) is 12.4 Å². The van der Waals surface area contributed by atoms with Gasteiger partial charge >= 0.3 is 0 Å². The molecule has 0 spiro atoms. The number of aryl methyl sites for hydroxylation is 3. The highest BCUT2D eigenvalue weighted by atomic mass is 35.5. The Labute approximate surface area is 201 Å². The van der Waals surface area contributed by atoms with E-state index in [0.29, 0.717) is 0 Å². The minimum absolute atomic E-state index is 0. The molecule has 2 heterocycles. The lowest BCUT2D eigenvalue weighted by molar-refractivity contribution is 0.414. The maximum Gasteiger partial charge on any atom is 0.165 e. The Kier molecular flexibility index (Phi) is 6.61. The second kappa shape index (κ2) is 9.44. The Balaban J connectivity index is 0.00000259. The maximum atomic E-state index is 5.42. The number of methoxy groups -OCH3 is 1. The summed E-state index contributed by atoms with van der Waals surface area (Å²) in [5.41, 5.74) is 9.16. The molecule has 1 N–H and O–H groups in total. The van der Waals surface area contributed by atoms with Crippen LogP contribution in [0.25, 0.3) is 16.8 Å². The van der Waals surface area contributed by atoms with Crippen LogP contribution in [0.2, 0.25) is 0 Å². The third-order valence-electron chi connectivity index (χ3n) is 6.59. The van der Waals surface area contributed by atoms with Gasteiger partial charge in [0.25, 0.3) is 0 Å². The zero-order valence-electron chi connectivity index (χ0n) is 19.7. The van der Waals surface area contributed by atoms with E-state index in [1.165, 1.54) is 16.8 Å². The molecule has 172 valence electrons. The van der Waals surface area contributed by atoms with Crippen LogP contribution in [0.15, 0.2) is 48.5 Å². The number of aromatic nitrogens is 3. The van der Waals surface area contributed by atoms with Crippen LogP contribution in [0.1, 0.15) is 53.9 Å². The van der Waals surface area contributed by atoms with Crippen LogP contribution in [0.3, 0.4) is 0 Å². The van der Waals surface area contributed by atoms with E-state index >= 15 is 0 Å². The summed E-state index contributed by atoms with van der Waals surface area (Å²) in [6, 6.07) is 17.1. The molecule has 0 radical (unpaired) electrons. The molecule has 0 bridgehead atoms. The van der Waals surface area contributed by atoms with Crippen molar-refractivity contribution in [3.8, 4) is 16.9 Å². The Morgan fingerprint density at radius 2 is 1.88 bits per heavy atom. The molecule has 6 heteroatoms. The molecular formula is C27H31ClN4O. The summed E-state index contributed by atoms with van der Waals surface area (Å²) in [4.78, 5) is 5.13. The van der Waals surface area contributed by atoms with E-state index < -0.39 is 0 Å². The van der Waals surface area contributed by atoms with E-state index in [2.05, 4.69) is 68.6 Å². The Bertz CT molecular complexity index is 1280. The van der Waals surface area contributed by atoms with E-state index in [4.69, 9.17) is 14.8 Å². The number of nitrogens with zero attached hydrogens (tertiary/aromatic N) is 3. The molecule has 2 aromatic carbocycles. The largest absolute Gasteiger partial charge is 0.497 e. The molecule has 0 fully saturated rings. The summed E-state index contributed by atoms with van der Waals surface area (Å²) >= 11 is 0. The first-order valence-corrected chi connectivity index (χ1v) is 11.5. The maximum absolute atomic E-state index is 5.42. The van der Waals surface area contributed by atoms with Gasteiger partial charge in [0.05, 0.1) is 18.8 Å². The average Bonchev–Trinajstić information content (AvgIpc) is 3.41. The van der Waals surface area contributed by atoms with Gasteiger partial charge in [-0.25, -0.2) is 4.98 Å². The molecular weight excluding hydrogens is 432 g/mol. The minimum atomic E-state index is 0. The monoisotopic (exact) mass is 462 g/mol. The highest BCUT2D eigenvalue weighted by Gasteiger charge is 2.26. The number of rotatable bonds is 6. The van der Waals surface area contributed by atoms with E-state index in [1.807, 2.05) is 10.6 Å². The van der Waals surface area contributed by atoms with Crippen molar-refractivity contribution < 1.29 is 4.74 Å². The first-order valence-electron chi connectivity index (χ1n) is 11.5. The first kappa shape index (κ1) is 23.1. The van der Waals surface area contributed by atoms with Gasteiger partial charge in [-0.2, -0.15) is 9.61 Å². The highest BCUT2D eigenvalue weighted by molar-refractivity contribution is 5.85. The molecule has 1 aliphatic carbocycles. The summed E-state index contributed by atoms with van der Waals surface area (Å²) in [7, 11) is 1.70. The third-order valence-corrected chi connectivity index (χ3v) is 6.59. The second-order valence-corrected chi connectivity index (χ2v) is 8.63. The molecule has 1 unspecified atom stereocenters. The molecule has 0 saturated carbocycles. The number of benzene rings is 2. The van der Waals surface area contributed by atoms with Gasteiger partial charge in [-0.1, -0.05) is 43.3 Å². The number of hydrogen-bond donors (Lipinski definition) is 1. The van der Waals surface area contributed by atoms with Crippen LogP contribution < -0.4 is 10.1 Å². The number of halogens is 1. The molecule has 2 aromatic heterocycles. The van der Waals surface area contributed by atoms with Gasteiger partial charge in [0.1, 0.15) is 11.6 Å². The van der Waals surface area contributed by atoms with Crippen LogP contribution in [-0.4, -0.2) is 21.7 Å².